The number of hydrogen-bond acceptors (Lipinski definition) is 4. The normalized spacial score (nSPS) is 17.7. The van der Waals surface area contributed by atoms with Gasteiger partial charge in [0.05, 0.1) is 0 Å². The Morgan fingerprint density at radius 1 is 1.36 bits per heavy atom. The summed E-state index contributed by atoms with van der Waals surface area (Å²) < 4.78 is 6.20. The summed E-state index contributed by atoms with van der Waals surface area (Å²) in [5.74, 6) is -0.450. The number of carboxylic acids is 1. The lowest BCUT2D eigenvalue weighted by Gasteiger charge is -2.08. The van der Waals surface area contributed by atoms with E-state index >= 15 is 0 Å². The van der Waals surface area contributed by atoms with Crippen LogP contribution in [0, 0.1) is 5.92 Å². The maximum Gasteiger partial charge on any atom is 0.345 e. The third-order valence-corrected chi connectivity index (χ3v) is 4.92. The molecule has 1 aromatic carbocycles. The Labute approximate surface area is 131 Å². The van der Waals surface area contributed by atoms with E-state index in [1.54, 1.807) is 12.1 Å². The van der Waals surface area contributed by atoms with Crippen LogP contribution in [-0.4, -0.2) is 30.2 Å². The van der Waals surface area contributed by atoms with Crippen LogP contribution in [0.3, 0.4) is 0 Å². The molecule has 5 nitrogen and oxygen atoms in total. The van der Waals surface area contributed by atoms with Gasteiger partial charge >= 0.3 is 5.97 Å². The number of hydrogen-bond donors (Lipinski definition) is 2. The van der Waals surface area contributed by atoms with E-state index in [0.717, 1.165) is 36.1 Å². The molecule has 22 heavy (non-hydrogen) atoms. The Hall–Kier alpha value is -1.92. The summed E-state index contributed by atoms with van der Waals surface area (Å²) in [5, 5.41) is 12.7. The Kier molecular flexibility index (Phi) is 4.40. The highest BCUT2D eigenvalue weighted by atomic mass is 32.1. The molecule has 0 aliphatic carbocycles. The zero-order valence-electron chi connectivity index (χ0n) is 12.0. The van der Waals surface area contributed by atoms with E-state index in [1.807, 2.05) is 12.1 Å². The molecule has 0 bridgehead atoms. The Morgan fingerprint density at radius 3 is 2.95 bits per heavy atom. The first kappa shape index (κ1) is 15.0. The fourth-order valence-electron chi connectivity index (χ4n) is 2.60. The van der Waals surface area contributed by atoms with Crippen LogP contribution >= 0.6 is 11.3 Å². The standard InChI is InChI=1S/C16H17NO4S/c18-15(4-1-10-5-6-21-9-10)17-12-2-3-13-11(7-12)8-14(22-13)16(19)20/h2-3,7-8,10H,1,4-6,9H2,(H,17,18)(H,19,20)/t10-/m1/s1. The SMILES string of the molecule is O=C(CC[C@@H]1CCOC1)Nc1ccc2sc(C(=O)O)cc2c1. The van der Waals surface area contributed by atoms with Crippen molar-refractivity contribution in [1.82, 2.24) is 0 Å². The first-order valence-corrected chi connectivity index (χ1v) is 8.08. The number of carbonyl (C=O) groups excluding carboxylic acids is 1. The van der Waals surface area contributed by atoms with Crippen LogP contribution in [0.15, 0.2) is 24.3 Å². The highest BCUT2D eigenvalue weighted by Crippen LogP contribution is 2.28. The first-order valence-electron chi connectivity index (χ1n) is 7.26. The van der Waals surface area contributed by atoms with Gasteiger partial charge in [-0.15, -0.1) is 11.3 Å². The van der Waals surface area contributed by atoms with Gasteiger partial charge in [-0.05, 0) is 48.4 Å². The molecule has 0 saturated carbocycles. The van der Waals surface area contributed by atoms with Crippen LogP contribution in [0.1, 0.15) is 28.9 Å². The molecule has 1 saturated heterocycles. The molecule has 0 radical (unpaired) electrons. The second-order valence-electron chi connectivity index (χ2n) is 5.48. The fraction of sp³-hybridized carbons (Fsp3) is 0.375. The Balaban J connectivity index is 1.62. The summed E-state index contributed by atoms with van der Waals surface area (Å²) in [6, 6.07) is 7.09. The number of carboxylic acid groups (broad SMARTS) is 1. The number of rotatable bonds is 5. The second-order valence-corrected chi connectivity index (χ2v) is 6.57. The lowest BCUT2D eigenvalue weighted by Crippen LogP contribution is -2.13. The van der Waals surface area contributed by atoms with Gasteiger partial charge in [0.2, 0.25) is 5.91 Å². The van der Waals surface area contributed by atoms with Gasteiger partial charge in [-0.1, -0.05) is 0 Å². The van der Waals surface area contributed by atoms with E-state index in [4.69, 9.17) is 9.84 Å². The Bertz CT molecular complexity index is 703. The number of nitrogens with one attached hydrogen (secondary N) is 1. The number of aromatic carboxylic acids is 1. The van der Waals surface area contributed by atoms with Gasteiger partial charge in [0.1, 0.15) is 4.88 Å². The van der Waals surface area contributed by atoms with Gasteiger partial charge in [-0.25, -0.2) is 4.79 Å². The molecule has 1 aliphatic heterocycles. The molecule has 6 heteroatoms. The summed E-state index contributed by atoms with van der Waals surface area (Å²) in [7, 11) is 0. The van der Waals surface area contributed by atoms with Crippen molar-refractivity contribution < 1.29 is 19.4 Å². The van der Waals surface area contributed by atoms with Crippen molar-refractivity contribution in [3.05, 3.63) is 29.1 Å². The lowest BCUT2D eigenvalue weighted by atomic mass is 10.0. The van der Waals surface area contributed by atoms with Gasteiger partial charge in [-0.2, -0.15) is 0 Å². The quantitative estimate of drug-likeness (QED) is 0.886. The Morgan fingerprint density at radius 2 is 2.23 bits per heavy atom. The minimum Gasteiger partial charge on any atom is -0.477 e. The number of anilines is 1. The van der Waals surface area contributed by atoms with E-state index in [1.165, 1.54) is 11.3 Å². The second kappa shape index (κ2) is 6.46. The van der Waals surface area contributed by atoms with Gasteiger partial charge in [0, 0.05) is 30.0 Å². The fourth-order valence-corrected chi connectivity index (χ4v) is 3.48. The molecule has 1 fully saturated rings. The van der Waals surface area contributed by atoms with Crippen molar-refractivity contribution in [3.63, 3.8) is 0 Å². The van der Waals surface area contributed by atoms with E-state index < -0.39 is 5.97 Å². The van der Waals surface area contributed by atoms with Crippen molar-refractivity contribution in [2.75, 3.05) is 18.5 Å². The molecule has 1 amide bonds. The predicted molar refractivity (Wildman–Crippen MR) is 85.6 cm³/mol. The zero-order chi connectivity index (χ0) is 15.5. The molecule has 1 aliphatic rings. The molecule has 0 spiro atoms. The maximum absolute atomic E-state index is 12.0. The molecule has 0 unspecified atom stereocenters. The third-order valence-electron chi connectivity index (χ3n) is 3.81. The zero-order valence-corrected chi connectivity index (χ0v) is 12.8. The van der Waals surface area contributed by atoms with Crippen LogP contribution < -0.4 is 5.32 Å². The van der Waals surface area contributed by atoms with E-state index in [0.29, 0.717) is 22.9 Å². The average Bonchev–Trinajstić information content (AvgIpc) is 3.14. The van der Waals surface area contributed by atoms with Crippen LogP contribution in [0.5, 0.6) is 0 Å². The monoisotopic (exact) mass is 319 g/mol. The van der Waals surface area contributed by atoms with Gasteiger partial charge in [0.25, 0.3) is 0 Å². The van der Waals surface area contributed by atoms with Crippen molar-refractivity contribution >= 4 is 39.0 Å². The lowest BCUT2D eigenvalue weighted by molar-refractivity contribution is -0.116. The highest BCUT2D eigenvalue weighted by Gasteiger charge is 2.17. The smallest absolute Gasteiger partial charge is 0.345 e. The molecule has 2 N–H and O–H groups in total. The summed E-state index contributed by atoms with van der Waals surface area (Å²) in [5.41, 5.74) is 0.704. The summed E-state index contributed by atoms with van der Waals surface area (Å²) in [6.45, 7) is 1.55. The van der Waals surface area contributed by atoms with E-state index in [9.17, 15) is 9.59 Å². The number of ether oxygens (including phenoxy) is 1. The summed E-state index contributed by atoms with van der Waals surface area (Å²) in [4.78, 5) is 23.3. The molecule has 116 valence electrons. The first-order chi connectivity index (χ1) is 10.6. The van der Waals surface area contributed by atoms with Crippen molar-refractivity contribution in [3.8, 4) is 0 Å². The minimum atomic E-state index is -0.925. The van der Waals surface area contributed by atoms with Crippen LogP contribution in [0.25, 0.3) is 10.1 Å². The van der Waals surface area contributed by atoms with Gasteiger partial charge in [-0.3, -0.25) is 4.79 Å². The number of thiophene rings is 1. The number of benzene rings is 1. The predicted octanol–water partition coefficient (Wildman–Crippen LogP) is 3.35. The largest absolute Gasteiger partial charge is 0.477 e. The van der Waals surface area contributed by atoms with E-state index in [-0.39, 0.29) is 5.91 Å². The molecule has 1 atom stereocenters. The molecular weight excluding hydrogens is 302 g/mol. The van der Waals surface area contributed by atoms with E-state index in [2.05, 4.69) is 5.32 Å². The molecule has 3 rings (SSSR count). The van der Waals surface area contributed by atoms with Crippen molar-refractivity contribution in [2.24, 2.45) is 5.92 Å². The number of fused-ring (bicyclic) bond motifs is 1. The summed E-state index contributed by atoms with van der Waals surface area (Å²) >= 11 is 1.23. The topological polar surface area (TPSA) is 75.6 Å². The number of carbonyl (C=O) groups is 2. The van der Waals surface area contributed by atoms with Crippen molar-refractivity contribution in [1.29, 1.82) is 0 Å². The molecule has 1 aromatic heterocycles. The van der Waals surface area contributed by atoms with Gasteiger partial charge in [0.15, 0.2) is 0 Å². The number of amides is 1. The third kappa shape index (κ3) is 3.45. The van der Waals surface area contributed by atoms with Crippen LogP contribution in [-0.2, 0) is 9.53 Å². The molecular formula is C16H17NO4S. The van der Waals surface area contributed by atoms with Crippen LogP contribution in [0.4, 0.5) is 5.69 Å². The molecule has 2 heterocycles. The van der Waals surface area contributed by atoms with Crippen molar-refractivity contribution in [2.45, 2.75) is 19.3 Å². The van der Waals surface area contributed by atoms with Crippen LogP contribution in [0.2, 0.25) is 0 Å². The summed E-state index contributed by atoms with van der Waals surface area (Å²) in [6.07, 6.45) is 2.36. The maximum atomic E-state index is 12.0. The minimum absolute atomic E-state index is 0.0139. The average molecular weight is 319 g/mol. The molecule has 2 aromatic rings. The van der Waals surface area contributed by atoms with Gasteiger partial charge < -0.3 is 15.2 Å². The highest BCUT2D eigenvalue weighted by molar-refractivity contribution is 7.20.